The summed E-state index contributed by atoms with van der Waals surface area (Å²) in [5, 5.41) is 3.48. The second kappa shape index (κ2) is 6.97. The number of nitrogens with one attached hydrogen (secondary N) is 1. The van der Waals surface area contributed by atoms with Gasteiger partial charge in [-0.2, -0.15) is 0 Å². The van der Waals surface area contributed by atoms with Gasteiger partial charge in [0.1, 0.15) is 0 Å². The molecule has 4 nitrogen and oxygen atoms in total. The molecule has 4 heteroatoms. The van der Waals surface area contributed by atoms with Gasteiger partial charge >= 0.3 is 5.97 Å². The fourth-order valence-electron chi connectivity index (χ4n) is 2.66. The van der Waals surface area contributed by atoms with Crippen LogP contribution in [0.3, 0.4) is 0 Å². The zero-order valence-corrected chi connectivity index (χ0v) is 11.3. The standard InChI is InChI=1S/C13H25NO3/c1-4-14-13(10-12(15)17-5-2)8-6-11(16-3)7-9-13/h11,14H,4-10H2,1-3H3. The van der Waals surface area contributed by atoms with Crippen molar-refractivity contribution in [2.24, 2.45) is 0 Å². The van der Waals surface area contributed by atoms with Crippen LogP contribution < -0.4 is 5.32 Å². The molecule has 17 heavy (non-hydrogen) atoms. The number of rotatable bonds is 6. The van der Waals surface area contributed by atoms with Crippen LogP contribution in [0.25, 0.3) is 0 Å². The molecule has 0 unspecified atom stereocenters. The molecule has 0 spiro atoms. The van der Waals surface area contributed by atoms with Crippen molar-refractivity contribution in [3.63, 3.8) is 0 Å². The van der Waals surface area contributed by atoms with E-state index < -0.39 is 0 Å². The van der Waals surface area contributed by atoms with Crippen LogP contribution in [0.5, 0.6) is 0 Å². The Balaban J connectivity index is 2.54. The fraction of sp³-hybridized carbons (Fsp3) is 0.923. The lowest BCUT2D eigenvalue weighted by Gasteiger charge is -2.39. The maximum Gasteiger partial charge on any atom is 0.307 e. The first-order valence-electron chi connectivity index (χ1n) is 6.59. The van der Waals surface area contributed by atoms with E-state index in [2.05, 4.69) is 12.2 Å². The minimum atomic E-state index is -0.0932. The van der Waals surface area contributed by atoms with Crippen molar-refractivity contribution in [2.75, 3.05) is 20.3 Å². The molecule has 1 rings (SSSR count). The summed E-state index contributed by atoms with van der Waals surface area (Å²) in [6, 6.07) is 0. The lowest BCUT2D eigenvalue weighted by Crippen LogP contribution is -2.50. The van der Waals surface area contributed by atoms with Gasteiger partial charge in [0.05, 0.1) is 19.1 Å². The van der Waals surface area contributed by atoms with Crippen molar-refractivity contribution < 1.29 is 14.3 Å². The zero-order chi connectivity index (χ0) is 12.7. The zero-order valence-electron chi connectivity index (χ0n) is 11.3. The Morgan fingerprint density at radius 1 is 1.35 bits per heavy atom. The number of ether oxygens (including phenoxy) is 2. The van der Waals surface area contributed by atoms with Gasteiger partial charge in [0.2, 0.25) is 0 Å². The minimum absolute atomic E-state index is 0.0734. The van der Waals surface area contributed by atoms with Crippen molar-refractivity contribution in [2.45, 2.75) is 57.6 Å². The van der Waals surface area contributed by atoms with Crippen LogP contribution in [-0.4, -0.2) is 37.9 Å². The predicted molar refractivity (Wildman–Crippen MR) is 66.9 cm³/mol. The molecule has 0 saturated heterocycles. The van der Waals surface area contributed by atoms with Gasteiger partial charge in [-0.25, -0.2) is 0 Å². The van der Waals surface area contributed by atoms with Gasteiger partial charge in [-0.3, -0.25) is 4.79 Å². The summed E-state index contributed by atoms with van der Waals surface area (Å²) in [6.07, 6.45) is 4.83. The van der Waals surface area contributed by atoms with Crippen LogP contribution in [0, 0.1) is 0 Å². The van der Waals surface area contributed by atoms with Crippen LogP contribution in [0.15, 0.2) is 0 Å². The highest BCUT2D eigenvalue weighted by atomic mass is 16.5. The Morgan fingerprint density at radius 2 is 2.00 bits per heavy atom. The molecular weight excluding hydrogens is 218 g/mol. The van der Waals surface area contributed by atoms with E-state index >= 15 is 0 Å². The molecule has 0 aromatic heterocycles. The second-order valence-corrected chi connectivity index (χ2v) is 4.73. The largest absolute Gasteiger partial charge is 0.466 e. The molecule has 1 N–H and O–H groups in total. The first kappa shape index (κ1) is 14.5. The van der Waals surface area contributed by atoms with E-state index in [1.165, 1.54) is 0 Å². The van der Waals surface area contributed by atoms with Crippen molar-refractivity contribution in [3.8, 4) is 0 Å². The second-order valence-electron chi connectivity index (χ2n) is 4.73. The molecule has 0 heterocycles. The van der Waals surface area contributed by atoms with Gasteiger partial charge in [-0.1, -0.05) is 6.92 Å². The number of carbonyl (C=O) groups is 1. The Kier molecular flexibility index (Phi) is 5.92. The topological polar surface area (TPSA) is 47.6 Å². The third-order valence-electron chi connectivity index (χ3n) is 3.56. The average molecular weight is 243 g/mol. The van der Waals surface area contributed by atoms with Gasteiger partial charge in [0.25, 0.3) is 0 Å². The lowest BCUT2D eigenvalue weighted by atomic mass is 9.78. The van der Waals surface area contributed by atoms with E-state index in [0.29, 0.717) is 19.1 Å². The molecule has 0 bridgehead atoms. The molecule has 1 fully saturated rings. The van der Waals surface area contributed by atoms with Crippen LogP contribution in [0.2, 0.25) is 0 Å². The van der Waals surface area contributed by atoms with Gasteiger partial charge in [-0.15, -0.1) is 0 Å². The Hall–Kier alpha value is -0.610. The summed E-state index contributed by atoms with van der Waals surface area (Å²) < 4.78 is 10.4. The van der Waals surface area contributed by atoms with Crippen molar-refractivity contribution >= 4 is 5.97 Å². The number of esters is 1. The number of hydrogen-bond acceptors (Lipinski definition) is 4. The first-order chi connectivity index (χ1) is 8.15. The third kappa shape index (κ3) is 4.28. The molecule has 1 saturated carbocycles. The molecule has 1 aliphatic rings. The molecular formula is C13H25NO3. The maximum atomic E-state index is 11.6. The predicted octanol–water partition coefficient (Wildman–Crippen LogP) is 1.88. The van der Waals surface area contributed by atoms with Crippen molar-refractivity contribution in [1.29, 1.82) is 0 Å². The van der Waals surface area contributed by atoms with Crippen LogP contribution in [0.4, 0.5) is 0 Å². The molecule has 0 aliphatic heterocycles. The molecule has 0 aromatic carbocycles. The quantitative estimate of drug-likeness (QED) is 0.724. The van der Waals surface area contributed by atoms with E-state index in [-0.39, 0.29) is 11.5 Å². The SMILES string of the molecule is CCNC1(CC(=O)OCC)CCC(OC)CC1. The van der Waals surface area contributed by atoms with E-state index in [9.17, 15) is 4.79 Å². The molecule has 0 radical (unpaired) electrons. The first-order valence-corrected chi connectivity index (χ1v) is 6.59. The van der Waals surface area contributed by atoms with Gasteiger partial charge < -0.3 is 14.8 Å². The Labute approximate surface area is 104 Å². The highest BCUT2D eigenvalue weighted by Crippen LogP contribution is 2.32. The van der Waals surface area contributed by atoms with Crippen LogP contribution in [-0.2, 0) is 14.3 Å². The lowest BCUT2D eigenvalue weighted by molar-refractivity contribution is -0.145. The Bertz CT molecular complexity index is 235. The van der Waals surface area contributed by atoms with E-state index in [1.807, 2.05) is 6.92 Å². The van der Waals surface area contributed by atoms with Crippen molar-refractivity contribution in [3.05, 3.63) is 0 Å². The number of methoxy groups -OCH3 is 1. The number of hydrogen-bond donors (Lipinski definition) is 1. The summed E-state index contributed by atoms with van der Waals surface area (Å²) in [6.45, 7) is 5.27. The molecule has 1 aliphatic carbocycles. The molecule has 0 aromatic rings. The summed E-state index contributed by atoms with van der Waals surface area (Å²) in [4.78, 5) is 11.6. The van der Waals surface area contributed by atoms with Crippen LogP contribution in [0.1, 0.15) is 46.0 Å². The monoisotopic (exact) mass is 243 g/mol. The van der Waals surface area contributed by atoms with E-state index in [4.69, 9.17) is 9.47 Å². The summed E-state index contributed by atoms with van der Waals surface area (Å²) in [5.41, 5.74) is -0.0734. The number of carbonyl (C=O) groups excluding carboxylic acids is 1. The summed E-state index contributed by atoms with van der Waals surface area (Å²) in [5.74, 6) is -0.0932. The Morgan fingerprint density at radius 3 is 2.47 bits per heavy atom. The molecule has 100 valence electrons. The van der Waals surface area contributed by atoms with Crippen molar-refractivity contribution in [1.82, 2.24) is 5.32 Å². The van der Waals surface area contributed by atoms with Gasteiger partial charge in [0.15, 0.2) is 0 Å². The highest BCUT2D eigenvalue weighted by molar-refractivity contribution is 5.71. The highest BCUT2D eigenvalue weighted by Gasteiger charge is 2.36. The normalized spacial score (nSPS) is 29.0. The van der Waals surface area contributed by atoms with Gasteiger partial charge in [-0.05, 0) is 39.2 Å². The van der Waals surface area contributed by atoms with E-state index in [0.717, 1.165) is 32.2 Å². The summed E-state index contributed by atoms with van der Waals surface area (Å²) in [7, 11) is 1.76. The maximum absolute atomic E-state index is 11.6. The fourth-order valence-corrected chi connectivity index (χ4v) is 2.66. The average Bonchev–Trinajstić information content (AvgIpc) is 2.30. The van der Waals surface area contributed by atoms with E-state index in [1.54, 1.807) is 7.11 Å². The molecule has 0 atom stereocenters. The van der Waals surface area contributed by atoms with Crippen LogP contribution >= 0.6 is 0 Å². The smallest absolute Gasteiger partial charge is 0.307 e. The summed E-state index contributed by atoms with van der Waals surface area (Å²) >= 11 is 0. The molecule has 0 amide bonds. The van der Waals surface area contributed by atoms with Gasteiger partial charge in [0, 0.05) is 12.6 Å². The third-order valence-corrected chi connectivity index (χ3v) is 3.56. The minimum Gasteiger partial charge on any atom is -0.466 e.